The van der Waals surface area contributed by atoms with E-state index in [4.69, 9.17) is 15.7 Å². The number of hydrogen-bond donors (Lipinski definition) is 7. The van der Waals surface area contributed by atoms with Gasteiger partial charge in [-0.3, -0.25) is 4.68 Å². The normalized spacial score (nSPS) is 31.4. The van der Waals surface area contributed by atoms with Crippen molar-refractivity contribution in [3.8, 4) is 11.3 Å². The van der Waals surface area contributed by atoms with E-state index in [1.165, 1.54) is 23.4 Å². The molecule has 0 spiro atoms. The molecule has 0 aliphatic heterocycles. The van der Waals surface area contributed by atoms with Crippen molar-refractivity contribution in [2.24, 2.45) is 5.92 Å². The van der Waals surface area contributed by atoms with Crippen LogP contribution in [0.25, 0.3) is 22.3 Å². The van der Waals surface area contributed by atoms with Gasteiger partial charge in [0.05, 0.1) is 22.9 Å². The Morgan fingerprint density at radius 3 is 2.32 bits per heavy atom. The number of aromatic amines is 1. The fourth-order valence-electron chi connectivity index (χ4n) is 3.53. The van der Waals surface area contributed by atoms with Gasteiger partial charge in [-0.1, -0.05) is 0 Å². The van der Waals surface area contributed by atoms with E-state index >= 15 is 0 Å². The van der Waals surface area contributed by atoms with Crippen molar-refractivity contribution in [3.63, 3.8) is 0 Å². The molecule has 4 radical (unpaired) electrons. The van der Waals surface area contributed by atoms with Crippen LogP contribution in [0.5, 0.6) is 0 Å². The summed E-state index contributed by atoms with van der Waals surface area (Å²) in [6.07, 6.45) is 5.97. The lowest BCUT2D eigenvalue weighted by Crippen LogP contribution is -2.67. The Morgan fingerprint density at radius 1 is 1.04 bits per heavy atom. The minimum atomic E-state index is -3.71. The summed E-state index contributed by atoms with van der Waals surface area (Å²) in [7, 11) is 11.0. The number of aliphatic hydroxyl groups is 6. The molecule has 3 heterocycles. The third-order valence-corrected chi connectivity index (χ3v) is 5.30. The lowest BCUT2D eigenvalue weighted by molar-refractivity contribution is -0.387. The van der Waals surface area contributed by atoms with Gasteiger partial charge in [0.25, 0.3) is 0 Å². The second-order valence-corrected chi connectivity index (χ2v) is 6.96. The average Bonchev–Trinajstić information content (AvgIpc) is 3.28. The number of rotatable bonds is 3. The molecule has 1 aliphatic carbocycles. The van der Waals surface area contributed by atoms with E-state index in [0.717, 1.165) is 5.39 Å². The minimum absolute atomic E-state index is 0.479. The Balaban J connectivity index is 1.70. The number of H-pyrrole nitrogens is 1. The van der Waals surface area contributed by atoms with E-state index in [9.17, 15) is 30.6 Å². The average molecular weight is 383 g/mol. The smallest absolute Gasteiger partial charge is 0.241 e. The molecular weight excluding hydrogens is 368 g/mol. The first-order chi connectivity index (χ1) is 12.9. The number of fused-ring (bicyclic) bond motifs is 1. The molecule has 0 bridgehead atoms. The Hall–Kier alpha value is -2.28. The highest BCUT2D eigenvalue weighted by atomic mass is 16.6. The molecule has 0 aromatic carbocycles. The van der Waals surface area contributed by atoms with Gasteiger partial charge in [-0.15, -0.1) is 0 Å². The first kappa shape index (κ1) is 19.1. The maximum absolute atomic E-state index is 10.3. The van der Waals surface area contributed by atoms with Crippen molar-refractivity contribution in [2.75, 3.05) is 0 Å². The van der Waals surface area contributed by atoms with Crippen LogP contribution >= 0.6 is 0 Å². The summed E-state index contributed by atoms with van der Waals surface area (Å²) >= 11 is 0. The molecule has 2 unspecified atom stereocenters. The fraction of sp³-hybridized carbons (Fsp3) is 0.400. The largest absolute Gasteiger partial charge is 0.394 e. The van der Waals surface area contributed by atoms with Crippen LogP contribution in [0.2, 0.25) is 0 Å². The van der Waals surface area contributed by atoms with Crippen molar-refractivity contribution in [1.29, 1.82) is 0 Å². The topological polar surface area (TPSA) is 181 Å². The van der Waals surface area contributed by atoms with Crippen molar-refractivity contribution in [2.45, 2.75) is 29.1 Å². The van der Waals surface area contributed by atoms with Gasteiger partial charge in [-0.05, 0) is 6.07 Å². The first-order valence-electron chi connectivity index (χ1n) is 8.14. The predicted molar refractivity (Wildman–Crippen MR) is 94.3 cm³/mol. The molecule has 2 atom stereocenters. The van der Waals surface area contributed by atoms with E-state index in [2.05, 4.69) is 20.1 Å². The molecule has 13 heteroatoms. The molecule has 1 aliphatic rings. The highest BCUT2D eigenvalue weighted by Crippen LogP contribution is 2.51. The van der Waals surface area contributed by atoms with Gasteiger partial charge < -0.3 is 35.6 Å². The monoisotopic (exact) mass is 383 g/mol. The van der Waals surface area contributed by atoms with E-state index in [0.29, 0.717) is 16.9 Å². The quantitative estimate of drug-likeness (QED) is 0.179. The van der Waals surface area contributed by atoms with Crippen LogP contribution in [-0.4, -0.2) is 93.6 Å². The van der Waals surface area contributed by atoms with Crippen LogP contribution in [0.4, 0.5) is 0 Å². The van der Waals surface area contributed by atoms with E-state index < -0.39 is 35.0 Å². The number of nitrogens with one attached hydrogen (secondary N) is 1. The van der Waals surface area contributed by atoms with Gasteiger partial charge in [-0.25, -0.2) is 9.97 Å². The van der Waals surface area contributed by atoms with Crippen molar-refractivity contribution >= 4 is 26.7 Å². The molecule has 0 saturated heterocycles. The summed E-state index contributed by atoms with van der Waals surface area (Å²) in [5.41, 5.74) is -4.45. The zero-order valence-electron chi connectivity index (χ0n) is 14.3. The maximum atomic E-state index is 10.3. The Labute approximate surface area is 160 Å². The third kappa shape index (κ3) is 2.25. The van der Waals surface area contributed by atoms with Crippen molar-refractivity contribution in [3.05, 3.63) is 31.0 Å². The second-order valence-electron chi connectivity index (χ2n) is 6.96. The molecule has 3 aromatic rings. The molecule has 142 valence electrons. The minimum Gasteiger partial charge on any atom is -0.394 e. The molecule has 0 amide bonds. The lowest BCUT2D eigenvalue weighted by atomic mass is 9.63. The Bertz CT molecular complexity index is 1020. The summed E-state index contributed by atoms with van der Waals surface area (Å²) in [6, 6.07) is 1.77. The second kappa shape index (κ2) is 5.63. The third-order valence-electron chi connectivity index (χ3n) is 5.30. The molecule has 1 fully saturated rings. The fourth-order valence-corrected chi connectivity index (χ4v) is 3.53. The van der Waals surface area contributed by atoms with Crippen LogP contribution in [0.1, 0.15) is 0 Å². The van der Waals surface area contributed by atoms with Crippen LogP contribution in [0.3, 0.4) is 0 Å². The number of nitrogens with zero attached hydrogens (tertiary/aromatic N) is 4. The van der Waals surface area contributed by atoms with Gasteiger partial charge in [0.1, 0.15) is 27.7 Å². The first-order valence-corrected chi connectivity index (χ1v) is 8.14. The standard InChI is InChI=1S/C15H15B2N5O6/c16-12(23)9(13(17,24)15(27,28)14(12,25)26)5-22-4-7(3-21-22)10-8-1-2-18-11(8)20-6-19-10/h1-4,6,9,23-28H,5H2,(H,18,19,20). The predicted octanol–water partition coefficient (Wildman–Crippen LogP) is -3.47. The number of hydrogen-bond acceptors (Lipinski definition) is 9. The molecule has 3 aromatic heterocycles. The molecule has 1 saturated carbocycles. The maximum Gasteiger partial charge on any atom is 0.241 e. The lowest BCUT2D eigenvalue weighted by Gasteiger charge is -2.38. The highest BCUT2D eigenvalue weighted by molar-refractivity contribution is 6.21. The highest BCUT2D eigenvalue weighted by Gasteiger charge is 2.78. The molecule has 11 nitrogen and oxygen atoms in total. The molecular formula is C15H15B2N5O6. The van der Waals surface area contributed by atoms with Gasteiger partial charge >= 0.3 is 0 Å². The molecule has 7 N–H and O–H groups in total. The van der Waals surface area contributed by atoms with Gasteiger partial charge in [-0.2, -0.15) is 5.10 Å². The summed E-state index contributed by atoms with van der Waals surface area (Å²) < 4.78 is 1.19. The van der Waals surface area contributed by atoms with E-state index in [1.54, 1.807) is 12.3 Å². The van der Waals surface area contributed by atoms with E-state index in [-0.39, 0.29) is 0 Å². The van der Waals surface area contributed by atoms with Crippen LogP contribution in [0.15, 0.2) is 31.0 Å². The zero-order chi connectivity index (χ0) is 20.5. The van der Waals surface area contributed by atoms with Gasteiger partial charge in [0, 0.05) is 35.8 Å². The van der Waals surface area contributed by atoms with Crippen molar-refractivity contribution in [1.82, 2.24) is 24.7 Å². The Kier molecular flexibility index (Phi) is 3.83. The van der Waals surface area contributed by atoms with Gasteiger partial charge in [0.15, 0.2) is 0 Å². The van der Waals surface area contributed by atoms with Crippen LogP contribution < -0.4 is 0 Å². The zero-order valence-corrected chi connectivity index (χ0v) is 14.3. The Morgan fingerprint density at radius 2 is 1.68 bits per heavy atom. The van der Waals surface area contributed by atoms with E-state index in [1.807, 2.05) is 0 Å². The summed E-state index contributed by atoms with van der Waals surface area (Å²) in [5, 5.41) is 65.0. The van der Waals surface area contributed by atoms with Crippen LogP contribution in [-0.2, 0) is 6.54 Å². The molecule has 28 heavy (non-hydrogen) atoms. The SMILES string of the molecule is [B]C1(O)C(Cn2cc(-c3ncnc4[nH]ccc34)cn2)C([B])(O)C(O)(O)C1(O)O. The van der Waals surface area contributed by atoms with Crippen LogP contribution in [0, 0.1) is 5.92 Å². The van der Waals surface area contributed by atoms with Crippen molar-refractivity contribution < 1.29 is 30.6 Å². The number of aromatic nitrogens is 5. The summed E-state index contributed by atoms with van der Waals surface area (Å²) in [5.74, 6) is -9.25. The van der Waals surface area contributed by atoms with Gasteiger partial charge in [0.2, 0.25) is 11.6 Å². The summed E-state index contributed by atoms with van der Waals surface area (Å²) in [6.45, 7) is -0.479. The summed E-state index contributed by atoms with van der Waals surface area (Å²) in [4.78, 5) is 11.2. The molecule has 4 rings (SSSR count).